The Bertz CT molecular complexity index is 802. The summed E-state index contributed by atoms with van der Waals surface area (Å²) in [6.45, 7) is 1.90. The zero-order valence-electron chi connectivity index (χ0n) is 13.8. The van der Waals surface area contributed by atoms with Gasteiger partial charge >= 0.3 is 0 Å². The molecule has 122 valence electrons. The van der Waals surface area contributed by atoms with E-state index in [4.69, 9.17) is 9.47 Å². The van der Waals surface area contributed by atoms with Crippen LogP contribution in [0.5, 0.6) is 11.5 Å². The van der Waals surface area contributed by atoms with E-state index in [-0.39, 0.29) is 5.57 Å². The molecule has 0 aliphatic rings. The van der Waals surface area contributed by atoms with E-state index in [0.717, 1.165) is 16.9 Å². The normalized spacial score (nSPS) is 10.7. The summed E-state index contributed by atoms with van der Waals surface area (Å²) in [7, 11) is 3.17. The molecule has 0 heterocycles. The quantitative estimate of drug-likeness (QED) is 0.675. The molecule has 0 saturated carbocycles. The first kappa shape index (κ1) is 17.1. The van der Waals surface area contributed by atoms with Crippen LogP contribution in [0.3, 0.4) is 0 Å². The van der Waals surface area contributed by atoms with Gasteiger partial charge < -0.3 is 14.8 Å². The molecule has 1 N–H and O–H groups in total. The van der Waals surface area contributed by atoms with Gasteiger partial charge in [-0.15, -0.1) is 0 Å². The van der Waals surface area contributed by atoms with Gasteiger partial charge in [0.2, 0.25) is 0 Å². The molecule has 0 fully saturated rings. The molecule has 2 aromatic carbocycles. The van der Waals surface area contributed by atoms with Crippen LogP contribution >= 0.6 is 0 Å². The number of nitriles is 1. The fraction of sp³-hybridized carbons (Fsp3) is 0.158. The summed E-state index contributed by atoms with van der Waals surface area (Å²) in [4.78, 5) is 12.3. The van der Waals surface area contributed by atoms with Crippen molar-refractivity contribution in [2.24, 2.45) is 0 Å². The highest BCUT2D eigenvalue weighted by atomic mass is 16.5. The zero-order valence-corrected chi connectivity index (χ0v) is 13.8. The summed E-state index contributed by atoms with van der Waals surface area (Å²) in [5, 5.41) is 12.0. The Balaban J connectivity index is 2.18. The van der Waals surface area contributed by atoms with Crippen LogP contribution in [0.15, 0.2) is 48.0 Å². The second-order valence-corrected chi connectivity index (χ2v) is 5.08. The molecule has 0 aliphatic heterocycles. The second kappa shape index (κ2) is 7.84. The lowest BCUT2D eigenvalue weighted by atomic mass is 10.1. The van der Waals surface area contributed by atoms with Crippen molar-refractivity contribution in [2.45, 2.75) is 6.92 Å². The number of hydrogen-bond acceptors (Lipinski definition) is 4. The minimum Gasteiger partial charge on any atom is -0.497 e. The maximum Gasteiger partial charge on any atom is 0.266 e. The molecular weight excluding hydrogens is 304 g/mol. The molecule has 2 rings (SSSR count). The van der Waals surface area contributed by atoms with Crippen LogP contribution in [0.1, 0.15) is 11.1 Å². The number of carbonyl (C=O) groups is 1. The van der Waals surface area contributed by atoms with Crippen LogP contribution in [0.25, 0.3) is 6.08 Å². The summed E-state index contributed by atoms with van der Waals surface area (Å²) in [5.74, 6) is 0.988. The molecular formula is C19H18N2O3. The molecule has 0 spiro atoms. The second-order valence-electron chi connectivity index (χ2n) is 5.08. The van der Waals surface area contributed by atoms with Crippen molar-refractivity contribution >= 4 is 17.7 Å². The number of rotatable bonds is 5. The highest BCUT2D eigenvalue weighted by Gasteiger charge is 2.10. The topological polar surface area (TPSA) is 71.3 Å². The van der Waals surface area contributed by atoms with E-state index in [1.165, 1.54) is 0 Å². The van der Waals surface area contributed by atoms with E-state index in [1.807, 2.05) is 19.1 Å². The molecule has 24 heavy (non-hydrogen) atoms. The number of methoxy groups -OCH3 is 2. The van der Waals surface area contributed by atoms with E-state index < -0.39 is 5.91 Å². The lowest BCUT2D eigenvalue weighted by Crippen LogP contribution is -2.13. The van der Waals surface area contributed by atoms with Gasteiger partial charge in [0, 0.05) is 5.69 Å². The van der Waals surface area contributed by atoms with Crippen LogP contribution in [0, 0.1) is 18.3 Å². The number of nitrogens with zero attached hydrogens (tertiary/aromatic N) is 1. The van der Waals surface area contributed by atoms with Gasteiger partial charge in [0.25, 0.3) is 5.91 Å². The molecule has 0 saturated heterocycles. The van der Waals surface area contributed by atoms with Gasteiger partial charge in [-0.3, -0.25) is 4.79 Å². The summed E-state index contributed by atoms with van der Waals surface area (Å²) in [6.07, 6.45) is 1.55. The van der Waals surface area contributed by atoms with Crippen molar-refractivity contribution < 1.29 is 14.3 Å². The molecule has 5 heteroatoms. The molecule has 0 aromatic heterocycles. The summed E-state index contributed by atoms with van der Waals surface area (Å²) in [5.41, 5.74) is 2.30. The fourth-order valence-electron chi connectivity index (χ4n) is 2.18. The number of carbonyl (C=O) groups excluding carboxylic acids is 1. The summed E-state index contributed by atoms with van der Waals surface area (Å²) < 4.78 is 10.3. The number of nitrogens with one attached hydrogen (secondary N) is 1. The van der Waals surface area contributed by atoms with E-state index in [1.54, 1.807) is 56.7 Å². The van der Waals surface area contributed by atoms with Crippen molar-refractivity contribution in [1.29, 1.82) is 5.26 Å². The van der Waals surface area contributed by atoms with Crippen LogP contribution in [0.4, 0.5) is 5.69 Å². The van der Waals surface area contributed by atoms with Crippen LogP contribution in [0.2, 0.25) is 0 Å². The third-order valence-corrected chi connectivity index (χ3v) is 3.44. The van der Waals surface area contributed by atoms with E-state index in [0.29, 0.717) is 11.4 Å². The molecule has 0 aliphatic carbocycles. The van der Waals surface area contributed by atoms with Gasteiger partial charge in [-0.2, -0.15) is 5.26 Å². The van der Waals surface area contributed by atoms with Crippen molar-refractivity contribution in [3.8, 4) is 17.6 Å². The largest absolute Gasteiger partial charge is 0.497 e. The maximum absolute atomic E-state index is 12.3. The van der Waals surface area contributed by atoms with Crippen molar-refractivity contribution in [3.05, 3.63) is 59.2 Å². The van der Waals surface area contributed by atoms with Crippen LogP contribution in [-0.2, 0) is 4.79 Å². The lowest BCUT2D eigenvalue weighted by Gasteiger charge is -2.07. The Morgan fingerprint density at radius 3 is 2.38 bits per heavy atom. The zero-order chi connectivity index (χ0) is 17.5. The monoisotopic (exact) mass is 322 g/mol. The molecule has 2 aromatic rings. The highest BCUT2D eigenvalue weighted by molar-refractivity contribution is 6.09. The standard InChI is InChI=1S/C19H18N2O3/c1-13-10-14(4-9-18(13)24-3)11-15(12-20)19(22)21-16-5-7-17(23-2)8-6-16/h4-11H,1-3H3,(H,21,22)/b15-11+. The van der Waals surface area contributed by atoms with Gasteiger partial charge in [-0.1, -0.05) is 6.07 Å². The predicted molar refractivity (Wildman–Crippen MR) is 92.9 cm³/mol. The Morgan fingerprint density at radius 1 is 1.12 bits per heavy atom. The number of anilines is 1. The fourth-order valence-corrected chi connectivity index (χ4v) is 2.18. The first-order chi connectivity index (χ1) is 11.6. The predicted octanol–water partition coefficient (Wildman–Crippen LogP) is 3.56. The Kier molecular flexibility index (Phi) is 5.58. The third-order valence-electron chi connectivity index (χ3n) is 3.44. The Morgan fingerprint density at radius 2 is 1.83 bits per heavy atom. The number of benzene rings is 2. The summed E-state index contributed by atoms with van der Waals surface area (Å²) in [6, 6.07) is 14.3. The first-order valence-electron chi connectivity index (χ1n) is 7.29. The Labute approximate surface area is 141 Å². The van der Waals surface area contributed by atoms with Crippen molar-refractivity contribution in [1.82, 2.24) is 0 Å². The van der Waals surface area contributed by atoms with Crippen molar-refractivity contribution in [2.75, 3.05) is 19.5 Å². The van der Waals surface area contributed by atoms with Crippen molar-refractivity contribution in [3.63, 3.8) is 0 Å². The first-order valence-corrected chi connectivity index (χ1v) is 7.29. The van der Waals surface area contributed by atoms with Gasteiger partial charge in [-0.25, -0.2) is 0 Å². The minimum absolute atomic E-state index is 0.0235. The summed E-state index contributed by atoms with van der Waals surface area (Å²) >= 11 is 0. The lowest BCUT2D eigenvalue weighted by molar-refractivity contribution is -0.112. The van der Waals surface area contributed by atoms with Gasteiger partial charge in [0.15, 0.2) is 0 Å². The molecule has 5 nitrogen and oxygen atoms in total. The maximum atomic E-state index is 12.3. The molecule has 1 amide bonds. The van der Waals surface area contributed by atoms with Crippen LogP contribution in [-0.4, -0.2) is 20.1 Å². The Hall–Kier alpha value is -3.26. The molecule has 0 atom stereocenters. The third kappa shape index (κ3) is 4.14. The molecule has 0 bridgehead atoms. The van der Waals surface area contributed by atoms with E-state index in [9.17, 15) is 10.1 Å². The smallest absolute Gasteiger partial charge is 0.266 e. The van der Waals surface area contributed by atoms with E-state index in [2.05, 4.69) is 5.32 Å². The SMILES string of the molecule is COc1ccc(NC(=O)/C(C#N)=C/c2ccc(OC)c(C)c2)cc1. The number of amides is 1. The van der Waals surface area contributed by atoms with Crippen LogP contribution < -0.4 is 14.8 Å². The number of aryl methyl sites for hydroxylation is 1. The number of ether oxygens (including phenoxy) is 2. The van der Waals surface area contributed by atoms with Gasteiger partial charge in [0.05, 0.1) is 14.2 Å². The molecule has 0 unspecified atom stereocenters. The highest BCUT2D eigenvalue weighted by Crippen LogP contribution is 2.21. The van der Waals surface area contributed by atoms with Gasteiger partial charge in [0.1, 0.15) is 23.1 Å². The van der Waals surface area contributed by atoms with Gasteiger partial charge in [-0.05, 0) is 60.5 Å². The average Bonchev–Trinajstić information content (AvgIpc) is 2.60. The minimum atomic E-state index is -0.462. The average molecular weight is 322 g/mol. The van der Waals surface area contributed by atoms with E-state index >= 15 is 0 Å². The molecule has 0 radical (unpaired) electrons. The number of hydrogen-bond donors (Lipinski definition) is 1.